The Morgan fingerprint density at radius 2 is 1.67 bits per heavy atom. The number of nitrogens with one attached hydrogen (secondary N) is 1. The smallest absolute Gasteiger partial charge is 0.194 e. The molecule has 5 nitrogen and oxygen atoms in total. The minimum absolute atomic E-state index is 0. The maximum absolute atomic E-state index is 6.13. The van der Waals surface area contributed by atoms with Gasteiger partial charge in [-0.3, -0.25) is 0 Å². The maximum Gasteiger partial charge on any atom is 0.194 e. The van der Waals surface area contributed by atoms with Gasteiger partial charge in [-0.1, -0.05) is 42.5 Å². The Morgan fingerprint density at radius 1 is 1.03 bits per heavy atom. The summed E-state index contributed by atoms with van der Waals surface area (Å²) in [6.45, 7) is 6.56. The van der Waals surface area contributed by atoms with Gasteiger partial charge in [-0.05, 0) is 44.3 Å². The topological polar surface area (TPSA) is 40.1 Å². The number of nitrogens with zero attached hydrogens (tertiary/aromatic N) is 3. The summed E-state index contributed by atoms with van der Waals surface area (Å²) < 4.78 is 6.13. The summed E-state index contributed by atoms with van der Waals surface area (Å²) in [5.41, 5.74) is 2.63. The molecule has 2 aromatic rings. The highest BCUT2D eigenvalue weighted by Gasteiger charge is 2.22. The number of rotatable bonds is 7. The third-order valence-electron chi connectivity index (χ3n) is 5.13. The van der Waals surface area contributed by atoms with E-state index in [1.54, 1.807) is 0 Å². The molecule has 0 unspecified atom stereocenters. The normalized spacial score (nSPS) is 15.1. The predicted octanol–water partition coefficient (Wildman–Crippen LogP) is 4.38. The van der Waals surface area contributed by atoms with Crippen LogP contribution in [0.5, 0.6) is 5.75 Å². The summed E-state index contributed by atoms with van der Waals surface area (Å²) in [5.74, 6) is 1.97. The van der Waals surface area contributed by atoms with Gasteiger partial charge in [-0.15, -0.1) is 24.0 Å². The maximum atomic E-state index is 6.13. The fourth-order valence-corrected chi connectivity index (χ4v) is 3.67. The lowest BCUT2D eigenvalue weighted by Crippen LogP contribution is -2.47. The largest absolute Gasteiger partial charge is 0.490 e. The quantitative estimate of drug-likeness (QED) is 0.333. The standard InChI is InChI=1S/C24H34N4O.HI/c1-4-25-24(26-18-20-10-8-9-11-21(20)19-27(2)3)28-16-14-23(15-17-28)29-22-12-6-5-7-13-22;/h5-13,23H,4,14-19H2,1-3H3,(H,25,26);1H. The Kier molecular flexibility index (Phi) is 10.4. The van der Waals surface area contributed by atoms with Crippen LogP contribution in [0.15, 0.2) is 59.6 Å². The molecule has 0 bridgehead atoms. The van der Waals surface area contributed by atoms with Crippen molar-refractivity contribution < 1.29 is 4.74 Å². The zero-order valence-corrected chi connectivity index (χ0v) is 20.7. The van der Waals surface area contributed by atoms with Crippen LogP contribution in [0.1, 0.15) is 30.9 Å². The molecule has 0 aromatic heterocycles. The Bertz CT molecular complexity index is 774. The average Bonchev–Trinajstić information content (AvgIpc) is 2.73. The molecule has 1 N–H and O–H groups in total. The van der Waals surface area contributed by atoms with Crippen LogP contribution in [-0.2, 0) is 13.1 Å². The number of para-hydroxylation sites is 1. The number of ether oxygens (including phenoxy) is 1. The Balaban J connectivity index is 0.00000320. The third kappa shape index (κ3) is 7.47. The molecule has 30 heavy (non-hydrogen) atoms. The molecule has 0 spiro atoms. The second-order valence-electron chi connectivity index (χ2n) is 7.79. The van der Waals surface area contributed by atoms with Gasteiger partial charge < -0.3 is 19.9 Å². The van der Waals surface area contributed by atoms with E-state index in [1.807, 2.05) is 30.3 Å². The molecule has 1 aliphatic heterocycles. The molecule has 2 aromatic carbocycles. The van der Waals surface area contributed by atoms with Gasteiger partial charge in [0.25, 0.3) is 0 Å². The Morgan fingerprint density at radius 3 is 2.30 bits per heavy atom. The summed E-state index contributed by atoms with van der Waals surface area (Å²) in [6.07, 6.45) is 2.30. The fourth-order valence-electron chi connectivity index (χ4n) is 3.67. The first-order valence-corrected chi connectivity index (χ1v) is 10.6. The Hall–Kier alpha value is -1.80. The summed E-state index contributed by atoms with van der Waals surface area (Å²) >= 11 is 0. The highest BCUT2D eigenvalue weighted by atomic mass is 127. The number of likely N-dealkylation sites (tertiary alicyclic amines) is 1. The zero-order valence-electron chi connectivity index (χ0n) is 18.4. The minimum Gasteiger partial charge on any atom is -0.490 e. The highest BCUT2D eigenvalue weighted by molar-refractivity contribution is 14.0. The molecule has 0 radical (unpaired) electrons. The van der Waals surface area contributed by atoms with Crippen molar-refractivity contribution >= 4 is 29.9 Å². The molecule has 1 saturated heterocycles. The van der Waals surface area contributed by atoms with Crippen molar-refractivity contribution in [3.05, 3.63) is 65.7 Å². The lowest BCUT2D eigenvalue weighted by Gasteiger charge is -2.34. The number of aliphatic imine (C=N–C) groups is 1. The number of benzene rings is 2. The van der Waals surface area contributed by atoms with E-state index in [-0.39, 0.29) is 30.1 Å². The van der Waals surface area contributed by atoms with Crippen LogP contribution in [0.2, 0.25) is 0 Å². The van der Waals surface area contributed by atoms with Gasteiger partial charge in [-0.2, -0.15) is 0 Å². The van der Waals surface area contributed by atoms with Crippen LogP contribution >= 0.6 is 24.0 Å². The molecule has 1 heterocycles. The van der Waals surface area contributed by atoms with Crippen LogP contribution in [0, 0.1) is 0 Å². The van der Waals surface area contributed by atoms with Gasteiger partial charge in [0.2, 0.25) is 0 Å². The van der Waals surface area contributed by atoms with E-state index in [9.17, 15) is 0 Å². The van der Waals surface area contributed by atoms with Crippen molar-refractivity contribution in [1.82, 2.24) is 15.1 Å². The van der Waals surface area contributed by atoms with Crippen LogP contribution in [0.3, 0.4) is 0 Å². The monoisotopic (exact) mass is 522 g/mol. The van der Waals surface area contributed by atoms with Crippen molar-refractivity contribution in [1.29, 1.82) is 0 Å². The first-order valence-electron chi connectivity index (χ1n) is 10.6. The van der Waals surface area contributed by atoms with Gasteiger partial charge >= 0.3 is 0 Å². The van der Waals surface area contributed by atoms with Crippen LogP contribution in [-0.4, -0.2) is 55.6 Å². The van der Waals surface area contributed by atoms with Crippen molar-refractivity contribution in [2.75, 3.05) is 33.7 Å². The molecule has 3 rings (SSSR count). The second kappa shape index (κ2) is 12.8. The molecule has 0 saturated carbocycles. The lowest BCUT2D eigenvalue weighted by atomic mass is 10.1. The van der Waals surface area contributed by atoms with E-state index >= 15 is 0 Å². The first-order chi connectivity index (χ1) is 14.2. The molecule has 0 aliphatic carbocycles. The van der Waals surface area contributed by atoms with E-state index in [0.29, 0.717) is 6.54 Å². The first kappa shape index (κ1) is 24.5. The lowest BCUT2D eigenvalue weighted by molar-refractivity contribution is 0.129. The van der Waals surface area contributed by atoms with E-state index < -0.39 is 0 Å². The van der Waals surface area contributed by atoms with Crippen LogP contribution in [0.25, 0.3) is 0 Å². The van der Waals surface area contributed by atoms with Crippen molar-refractivity contribution in [2.45, 2.75) is 39.0 Å². The van der Waals surface area contributed by atoms with Gasteiger partial charge in [-0.25, -0.2) is 4.99 Å². The number of piperidine rings is 1. The van der Waals surface area contributed by atoms with Crippen molar-refractivity contribution in [3.63, 3.8) is 0 Å². The summed E-state index contributed by atoms with van der Waals surface area (Å²) in [6, 6.07) is 18.7. The molecular formula is C24H35IN4O. The minimum atomic E-state index is 0. The predicted molar refractivity (Wildman–Crippen MR) is 136 cm³/mol. The molecule has 0 amide bonds. The average molecular weight is 522 g/mol. The van der Waals surface area contributed by atoms with Crippen molar-refractivity contribution in [3.8, 4) is 5.75 Å². The third-order valence-corrected chi connectivity index (χ3v) is 5.13. The number of hydrogen-bond donors (Lipinski definition) is 1. The Labute approximate surface area is 198 Å². The number of halogens is 1. The fraction of sp³-hybridized carbons (Fsp3) is 0.458. The van der Waals surface area contributed by atoms with Gasteiger partial charge in [0.05, 0.1) is 6.54 Å². The van der Waals surface area contributed by atoms with Gasteiger partial charge in [0, 0.05) is 39.0 Å². The SMILES string of the molecule is CCNC(=NCc1ccccc1CN(C)C)N1CCC(Oc2ccccc2)CC1.I. The molecule has 1 fully saturated rings. The van der Waals surface area contributed by atoms with Crippen molar-refractivity contribution in [2.24, 2.45) is 4.99 Å². The van der Waals surface area contributed by atoms with E-state index in [1.165, 1.54) is 11.1 Å². The van der Waals surface area contributed by atoms with Crippen LogP contribution in [0.4, 0.5) is 0 Å². The molecule has 164 valence electrons. The number of hydrogen-bond acceptors (Lipinski definition) is 3. The highest BCUT2D eigenvalue weighted by Crippen LogP contribution is 2.19. The van der Waals surface area contributed by atoms with Gasteiger partial charge in [0.1, 0.15) is 11.9 Å². The number of guanidine groups is 1. The molecular weight excluding hydrogens is 487 g/mol. The molecule has 1 aliphatic rings. The zero-order chi connectivity index (χ0) is 20.5. The summed E-state index contributed by atoms with van der Waals surface area (Å²) in [5, 5.41) is 3.47. The summed E-state index contributed by atoms with van der Waals surface area (Å²) in [7, 11) is 4.21. The van der Waals surface area contributed by atoms with E-state index in [0.717, 1.165) is 50.7 Å². The summed E-state index contributed by atoms with van der Waals surface area (Å²) in [4.78, 5) is 9.52. The molecule has 0 atom stereocenters. The van der Waals surface area contributed by atoms with E-state index in [4.69, 9.17) is 9.73 Å². The van der Waals surface area contributed by atoms with E-state index in [2.05, 4.69) is 60.4 Å². The van der Waals surface area contributed by atoms with Crippen LogP contribution < -0.4 is 10.1 Å². The molecule has 6 heteroatoms. The van der Waals surface area contributed by atoms with Gasteiger partial charge in [0.15, 0.2) is 5.96 Å². The second-order valence-corrected chi connectivity index (χ2v) is 7.79.